The maximum absolute atomic E-state index is 11.8. The maximum atomic E-state index is 11.8. The van der Waals surface area contributed by atoms with Gasteiger partial charge in [0.1, 0.15) is 0 Å². The molecule has 4 N–H and O–H groups in total. The summed E-state index contributed by atoms with van der Waals surface area (Å²) >= 11 is 0. The number of rotatable bonds is 3. The van der Waals surface area contributed by atoms with Gasteiger partial charge in [-0.2, -0.15) is 0 Å². The topological polar surface area (TPSA) is 87.7 Å². The van der Waals surface area contributed by atoms with E-state index >= 15 is 0 Å². The molecule has 1 aromatic carbocycles. The number of benzene rings is 1. The number of hydrogen-bond donors (Lipinski definition) is 3. The molecule has 0 aromatic heterocycles. The van der Waals surface area contributed by atoms with Gasteiger partial charge in [0.15, 0.2) is 5.84 Å². The van der Waals surface area contributed by atoms with E-state index in [1.165, 1.54) is 0 Å². The molecule has 0 saturated heterocycles. The molecule has 0 bridgehead atoms. The summed E-state index contributed by atoms with van der Waals surface area (Å²) in [5.74, 6) is 0.110. The van der Waals surface area contributed by atoms with Crippen LogP contribution in [0, 0.1) is 5.92 Å². The highest BCUT2D eigenvalue weighted by molar-refractivity contribution is 6.05. The molecule has 5 nitrogen and oxygen atoms in total. The molecule has 90 valence electrons. The first-order valence-corrected chi connectivity index (χ1v) is 5.60. The molecular weight excluding hydrogens is 218 g/mol. The van der Waals surface area contributed by atoms with Gasteiger partial charge in [-0.05, 0) is 25.0 Å². The van der Waals surface area contributed by atoms with E-state index in [1.807, 2.05) is 0 Å². The lowest BCUT2D eigenvalue weighted by atomic mass is 9.85. The van der Waals surface area contributed by atoms with E-state index in [0.717, 1.165) is 19.3 Å². The number of carbonyl (C=O) groups is 1. The van der Waals surface area contributed by atoms with Gasteiger partial charge in [0.05, 0.1) is 5.69 Å². The van der Waals surface area contributed by atoms with E-state index in [1.54, 1.807) is 24.3 Å². The van der Waals surface area contributed by atoms with E-state index in [-0.39, 0.29) is 17.7 Å². The molecule has 0 atom stereocenters. The van der Waals surface area contributed by atoms with Crippen molar-refractivity contribution in [1.82, 2.24) is 0 Å². The van der Waals surface area contributed by atoms with Gasteiger partial charge in [-0.15, -0.1) is 0 Å². The fourth-order valence-corrected chi connectivity index (χ4v) is 1.77. The fourth-order valence-electron chi connectivity index (χ4n) is 1.77. The van der Waals surface area contributed by atoms with Crippen molar-refractivity contribution in [2.24, 2.45) is 16.8 Å². The predicted molar refractivity (Wildman–Crippen MR) is 64.9 cm³/mol. The highest BCUT2D eigenvalue weighted by Crippen LogP contribution is 2.28. The van der Waals surface area contributed by atoms with Crippen LogP contribution in [-0.4, -0.2) is 17.0 Å². The molecule has 0 unspecified atom stereocenters. The van der Waals surface area contributed by atoms with Crippen molar-refractivity contribution in [1.29, 1.82) is 0 Å². The minimum Gasteiger partial charge on any atom is -0.409 e. The van der Waals surface area contributed by atoms with E-state index in [2.05, 4.69) is 10.5 Å². The monoisotopic (exact) mass is 233 g/mol. The number of nitrogens with zero attached hydrogens (tertiary/aromatic N) is 1. The van der Waals surface area contributed by atoms with E-state index in [9.17, 15) is 4.79 Å². The first-order chi connectivity index (χ1) is 8.22. The van der Waals surface area contributed by atoms with Crippen molar-refractivity contribution in [3.63, 3.8) is 0 Å². The Bertz CT molecular complexity index is 453. The second-order valence-electron chi connectivity index (χ2n) is 4.15. The van der Waals surface area contributed by atoms with Crippen molar-refractivity contribution in [3.05, 3.63) is 29.8 Å². The van der Waals surface area contributed by atoms with Crippen molar-refractivity contribution >= 4 is 17.4 Å². The number of amidine groups is 1. The zero-order chi connectivity index (χ0) is 12.3. The zero-order valence-electron chi connectivity index (χ0n) is 9.39. The van der Waals surface area contributed by atoms with Crippen LogP contribution in [0.1, 0.15) is 24.8 Å². The predicted octanol–water partition coefficient (Wildman–Crippen LogP) is 1.52. The third-order valence-corrected chi connectivity index (χ3v) is 3.04. The summed E-state index contributed by atoms with van der Waals surface area (Å²) in [4.78, 5) is 11.8. The summed E-state index contributed by atoms with van der Waals surface area (Å²) in [6, 6.07) is 7.01. The third kappa shape index (κ3) is 2.38. The van der Waals surface area contributed by atoms with Gasteiger partial charge in [0.25, 0.3) is 0 Å². The van der Waals surface area contributed by atoms with Gasteiger partial charge >= 0.3 is 0 Å². The molecule has 1 aliphatic rings. The van der Waals surface area contributed by atoms with E-state index in [0.29, 0.717) is 11.3 Å². The Morgan fingerprint density at radius 1 is 1.41 bits per heavy atom. The summed E-state index contributed by atoms with van der Waals surface area (Å²) in [6.07, 6.45) is 3.00. The number of para-hydroxylation sites is 1. The molecule has 0 aliphatic heterocycles. The van der Waals surface area contributed by atoms with Crippen LogP contribution in [0.25, 0.3) is 0 Å². The van der Waals surface area contributed by atoms with Gasteiger partial charge in [0.2, 0.25) is 5.91 Å². The Kier molecular flexibility index (Phi) is 3.27. The number of oxime groups is 1. The first kappa shape index (κ1) is 11.4. The number of hydrogen-bond acceptors (Lipinski definition) is 3. The molecule has 1 amide bonds. The SMILES string of the molecule is N/C(=N/O)c1ccccc1NC(=O)C1CCC1. The summed E-state index contributed by atoms with van der Waals surface area (Å²) in [5.41, 5.74) is 6.66. The summed E-state index contributed by atoms with van der Waals surface area (Å²) in [5, 5.41) is 14.4. The number of anilines is 1. The summed E-state index contributed by atoms with van der Waals surface area (Å²) < 4.78 is 0. The molecule has 1 fully saturated rings. The van der Waals surface area contributed by atoms with Crippen LogP contribution in [-0.2, 0) is 4.79 Å². The molecule has 0 radical (unpaired) electrons. The second kappa shape index (κ2) is 4.86. The van der Waals surface area contributed by atoms with Crippen LogP contribution in [0.5, 0.6) is 0 Å². The van der Waals surface area contributed by atoms with Crippen LogP contribution in [0.15, 0.2) is 29.4 Å². The normalized spacial score (nSPS) is 16.4. The molecule has 0 heterocycles. The van der Waals surface area contributed by atoms with Gasteiger partial charge in [-0.1, -0.05) is 23.7 Å². The van der Waals surface area contributed by atoms with Crippen molar-refractivity contribution in [2.75, 3.05) is 5.32 Å². The summed E-state index contributed by atoms with van der Waals surface area (Å²) in [7, 11) is 0. The van der Waals surface area contributed by atoms with Crippen LogP contribution < -0.4 is 11.1 Å². The second-order valence-corrected chi connectivity index (χ2v) is 4.15. The minimum atomic E-state index is -0.00508. The first-order valence-electron chi connectivity index (χ1n) is 5.60. The highest BCUT2D eigenvalue weighted by atomic mass is 16.4. The van der Waals surface area contributed by atoms with E-state index < -0.39 is 0 Å². The van der Waals surface area contributed by atoms with Crippen LogP contribution in [0.2, 0.25) is 0 Å². The van der Waals surface area contributed by atoms with Gasteiger partial charge in [-0.3, -0.25) is 4.79 Å². The lowest BCUT2D eigenvalue weighted by Gasteiger charge is -2.24. The molecule has 0 spiro atoms. The molecule has 1 aromatic rings. The molecule has 17 heavy (non-hydrogen) atoms. The van der Waals surface area contributed by atoms with Crippen molar-refractivity contribution in [2.45, 2.75) is 19.3 Å². The van der Waals surface area contributed by atoms with Crippen LogP contribution in [0.3, 0.4) is 0 Å². The Hall–Kier alpha value is -2.04. The summed E-state index contributed by atoms with van der Waals surface area (Å²) in [6.45, 7) is 0. The molecule has 1 aliphatic carbocycles. The third-order valence-electron chi connectivity index (χ3n) is 3.04. The number of amides is 1. The average molecular weight is 233 g/mol. The number of carbonyl (C=O) groups excluding carboxylic acids is 1. The van der Waals surface area contributed by atoms with Crippen LogP contribution >= 0.6 is 0 Å². The Balaban J connectivity index is 2.17. The lowest BCUT2D eigenvalue weighted by Crippen LogP contribution is -2.29. The molecule has 5 heteroatoms. The lowest BCUT2D eigenvalue weighted by molar-refractivity contribution is -0.122. The molecular formula is C12H15N3O2. The van der Waals surface area contributed by atoms with Crippen molar-refractivity contribution in [3.8, 4) is 0 Å². The van der Waals surface area contributed by atoms with Gasteiger partial charge in [-0.25, -0.2) is 0 Å². The molecule has 2 rings (SSSR count). The Labute approximate surface area is 99.3 Å². The standard InChI is InChI=1S/C12H15N3O2/c13-11(15-17)9-6-1-2-7-10(9)14-12(16)8-4-3-5-8/h1-2,6-8,17H,3-5H2,(H2,13,15)(H,14,16). The smallest absolute Gasteiger partial charge is 0.227 e. The van der Waals surface area contributed by atoms with Crippen LogP contribution in [0.4, 0.5) is 5.69 Å². The largest absolute Gasteiger partial charge is 0.409 e. The van der Waals surface area contributed by atoms with Gasteiger partial charge < -0.3 is 16.3 Å². The highest BCUT2D eigenvalue weighted by Gasteiger charge is 2.25. The average Bonchev–Trinajstić information content (AvgIpc) is 2.26. The minimum absolute atomic E-state index is 0.00508. The van der Waals surface area contributed by atoms with E-state index in [4.69, 9.17) is 10.9 Å². The maximum Gasteiger partial charge on any atom is 0.227 e. The zero-order valence-corrected chi connectivity index (χ0v) is 9.39. The fraction of sp³-hybridized carbons (Fsp3) is 0.333. The number of nitrogens with two attached hydrogens (primary N) is 1. The molecule has 1 saturated carbocycles. The quantitative estimate of drug-likeness (QED) is 0.320. The van der Waals surface area contributed by atoms with Gasteiger partial charge in [0, 0.05) is 11.5 Å². The Morgan fingerprint density at radius 2 is 2.12 bits per heavy atom. The Morgan fingerprint density at radius 3 is 2.71 bits per heavy atom. The van der Waals surface area contributed by atoms with Crippen molar-refractivity contribution < 1.29 is 10.0 Å². The number of nitrogens with one attached hydrogen (secondary N) is 1.